The highest BCUT2D eigenvalue weighted by Gasteiger charge is 2.11. The molecule has 6 heteroatoms. The number of imidazole rings is 1. The van der Waals surface area contributed by atoms with E-state index in [0.29, 0.717) is 11.2 Å². The summed E-state index contributed by atoms with van der Waals surface area (Å²) in [4.78, 5) is 15.6. The number of nitrogens with one attached hydrogen (secondary N) is 1. The number of nitrogens with two attached hydrogens (primary N) is 2. The predicted octanol–water partition coefficient (Wildman–Crippen LogP) is -0.0832. The third-order valence-corrected chi connectivity index (χ3v) is 2.46. The molecule has 1 aromatic heterocycles. The first-order chi connectivity index (χ1) is 7.63. The van der Waals surface area contributed by atoms with Crippen LogP contribution in [0, 0.1) is 6.92 Å². The van der Waals surface area contributed by atoms with Gasteiger partial charge in [0.05, 0.1) is 11.2 Å². The van der Waals surface area contributed by atoms with Crippen LogP contribution in [-0.2, 0) is 11.3 Å². The van der Waals surface area contributed by atoms with Crippen LogP contribution in [0.2, 0.25) is 0 Å². The van der Waals surface area contributed by atoms with E-state index in [9.17, 15) is 4.79 Å². The lowest BCUT2D eigenvalue weighted by Crippen LogP contribution is -2.33. The van der Waals surface area contributed by atoms with Crippen LogP contribution in [0.5, 0.6) is 0 Å². The molecule has 1 aromatic carbocycles. The van der Waals surface area contributed by atoms with Gasteiger partial charge in [-0.15, -0.1) is 0 Å². The van der Waals surface area contributed by atoms with Crippen LogP contribution in [-0.4, -0.2) is 15.5 Å². The van der Waals surface area contributed by atoms with Crippen LogP contribution < -0.4 is 17.0 Å². The highest BCUT2D eigenvalue weighted by molar-refractivity contribution is 5.88. The zero-order valence-electron chi connectivity index (χ0n) is 8.90. The summed E-state index contributed by atoms with van der Waals surface area (Å²) in [6, 6.07) is 5.48. The Hall–Kier alpha value is -2.08. The standard InChI is InChI=1S/C10H13N5O/c1-6-13-10-7(11)3-2-4-8(10)15(6)5-9(16)14-12/h2-4H,5,11-12H2,1H3,(H,14,16). The fraction of sp³-hybridized carbons (Fsp3) is 0.200. The number of amides is 1. The van der Waals surface area contributed by atoms with Gasteiger partial charge in [0.1, 0.15) is 17.9 Å². The number of hydrogen-bond donors (Lipinski definition) is 3. The molecule has 0 atom stereocenters. The van der Waals surface area contributed by atoms with Gasteiger partial charge < -0.3 is 10.3 Å². The molecule has 0 saturated heterocycles. The lowest BCUT2D eigenvalue weighted by molar-refractivity contribution is -0.121. The minimum absolute atomic E-state index is 0.141. The Kier molecular flexibility index (Phi) is 2.49. The summed E-state index contributed by atoms with van der Waals surface area (Å²) in [6.07, 6.45) is 0. The number of carbonyl (C=O) groups excluding carboxylic acids is 1. The highest BCUT2D eigenvalue weighted by atomic mass is 16.2. The van der Waals surface area contributed by atoms with Crippen molar-refractivity contribution in [2.45, 2.75) is 13.5 Å². The number of carbonyl (C=O) groups is 1. The van der Waals surface area contributed by atoms with Crippen LogP contribution in [0.1, 0.15) is 5.82 Å². The van der Waals surface area contributed by atoms with E-state index in [1.165, 1.54) is 0 Å². The summed E-state index contributed by atoms with van der Waals surface area (Å²) < 4.78 is 1.77. The van der Waals surface area contributed by atoms with Gasteiger partial charge in [-0.25, -0.2) is 10.8 Å². The Morgan fingerprint density at radius 3 is 3.00 bits per heavy atom. The molecule has 0 aliphatic heterocycles. The number of anilines is 1. The minimum atomic E-state index is -0.273. The van der Waals surface area contributed by atoms with Gasteiger partial charge in [0, 0.05) is 0 Å². The third kappa shape index (κ3) is 1.59. The average Bonchev–Trinajstić information content (AvgIpc) is 2.58. The molecule has 2 aromatic rings. The fourth-order valence-electron chi connectivity index (χ4n) is 1.67. The number of para-hydroxylation sites is 1. The van der Waals surface area contributed by atoms with Gasteiger partial charge in [0.2, 0.25) is 0 Å². The number of nitrogens with zero attached hydrogens (tertiary/aromatic N) is 2. The summed E-state index contributed by atoms with van der Waals surface area (Å²) >= 11 is 0. The largest absolute Gasteiger partial charge is 0.397 e. The SMILES string of the molecule is Cc1nc2c(N)cccc2n1CC(=O)NN. The second-order valence-electron chi connectivity index (χ2n) is 3.53. The molecule has 84 valence electrons. The van der Waals surface area contributed by atoms with Crippen LogP contribution in [0.15, 0.2) is 18.2 Å². The summed E-state index contributed by atoms with van der Waals surface area (Å²) in [5, 5.41) is 0. The Labute approximate surface area is 92.2 Å². The maximum atomic E-state index is 11.2. The van der Waals surface area contributed by atoms with Gasteiger partial charge in [-0.1, -0.05) is 6.07 Å². The van der Waals surface area contributed by atoms with Crippen molar-refractivity contribution in [3.63, 3.8) is 0 Å². The highest BCUT2D eigenvalue weighted by Crippen LogP contribution is 2.21. The van der Waals surface area contributed by atoms with Crippen molar-refractivity contribution in [2.24, 2.45) is 5.84 Å². The van der Waals surface area contributed by atoms with Gasteiger partial charge in [-0.3, -0.25) is 10.2 Å². The number of hydrogen-bond acceptors (Lipinski definition) is 4. The van der Waals surface area contributed by atoms with Crippen LogP contribution >= 0.6 is 0 Å². The van der Waals surface area contributed by atoms with Crippen molar-refractivity contribution in [3.8, 4) is 0 Å². The molecule has 6 nitrogen and oxygen atoms in total. The Bertz CT molecular complexity index is 545. The van der Waals surface area contributed by atoms with Crippen molar-refractivity contribution in [3.05, 3.63) is 24.0 Å². The van der Waals surface area contributed by atoms with Gasteiger partial charge in [-0.2, -0.15) is 0 Å². The Morgan fingerprint density at radius 1 is 1.56 bits per heavy atom. The molecule has 2 rings (SSSR count). The molecule has 0 saturated carbocycles. The van der Waals surface area contributed by atoms with E-state index < -0.39 is 0 Å². The number of fused-ring (bicyclic) bond motifs is 1. The number of rotatable bonds is 2. The van der Waals surface area contributed by atoms with Gasteiger partial charge in [0.15, 0.2) is 0 Å². The smallest absolute Gasteiger partial charge is 0.253 e. The van der Waals surface area contributed by atoms with Gasteiger partial charge >= 0.3 is 0 Å². The van der Waals surface area contributed by atoms with E-state index >= 15 is 0 Å². The first-order valence-corrected chi connectivity index (χ1v) is 4.84. The molecule has 0 unspecified atom stereocenters. The van der Waals surface area contributed by atoms with Crippen LogP contribution in [0.4, 0.5) is 5.69 Å². The van der Waals surface area contributed by atoms with Crippen molar-refractivity contribution >= 4 is 22.6 Å². The monoisotopic (exact) mass is 219 g/mol. The van der Waals surface area contributed by atoms with Crippen molar-refractivity contribution < 1.29 is 4.79 Å². The predicted molar refractivity (Wildman–Crippen MR) is 61.2 cm³/mol. The number of aromatic nitrogens is 2. The number of benzene rings is 1. The molecular weight excluding hydrogens is 206 g/mol. The third-order valence-electron chi connectivity index (χ3n) is 2.46. The van der Waals surface area contributed by atoms with Crippen LogP contribution in [0.25, 0.3) is 11.0 Å². The first-order valence-electron chi connectivity index (χ1n) is 4.84. The van der Waals surface area contributed by atoms with E-state index in [1.807, 2.05) is 19.1 Å². The summed E-state index contributed by atoms with van der Waals surface area (Å²) in [7, 11) is 0. The number of hydrazine groups is 1. The Morgan fingerprint density at radius 2 is 2.31 bits per heavy atom. The zero-order chi connectivity index (χ0) is 11.7. The molecule has 5 N–H and O–H groups in total. The quantitative estimate of drug-likeness (QED) is 0.284. The van der Waals surface area contributed by atoms with Gasteiger partial charge in [0.25, 0.3) is 5.91 Å². The fourth-order valence-corrected chi connectivity index (χ4v) is 1.67. The van der Waals surface area contributed by atoms with Crippen molar-refractivity contribution in [2.75, 3.05) is 5.73 Å². The van der Waals surface area contributed by atoms with Crippen molar-refractivity contribution in [1.82, 2.24) is 15.0 Å². The zero-order valence-corrected chi connectivity index (χ0v) is 8.90. The molecule has 0 spiro atoms. The molecule has 1 heterocycles. The lowest BCUT2D eigenvalue weighted by atomic mass is 10.3. The second-order valence-corrected chi connectivity index (χ2v) is 3.53. The lowest BCUT2D eigenvalue weighted by Gasteiger charge is -2.05. The summed E-state index contributed by atoms with van der Waals surface area (Å²) in [6.45, 7) is 1.96. The Balaban J connectivity index is 2.56. The minimum Gasteiger partial charge on any atom is -0.397 e. The van der Waals surface area contributed by atoms with E-state index in [1.54, 1.807) is 10.6 Å². The molecule has 0 bridgehead atoms. The van der Waals surface area contributed by atoms with Crippen molar-refractivity contribution in [1.29, 1.82) is 0 Å². The topological polar surface area (TPSA) is 99.0 Å². The molecule has 16 heavy (non-hydrogen) atoms. The number of aryl methyl sites for hydroxylation is 1. The van der Waals surface area contributed by atoms with E-state index in [-0.39, 0.29) is 12.5 Å². The molecule has 0 aliphatic rings. The van der Waals surface area contributed by atoms with E-state index in [2.05, 4.69) is 10.4 Å². The van der Waals surface area contributed by atoms with E-state index in [4.69, 9.17) is 11.6 Å². The normalized spacial score (nSPS) is 10.6. The second kappa shape index (κ2) is 3.82. The maximum Gasteiger partial charge on any atom is 0.253 e. The van der Waals surface area contributed by atoms with E-state index in [0.717, 1.165) is 11.3 Å². The average molecular weight is 219 g/mol. The van der Waals surface area contributed by atoms with Gasteiger partial charge in [-0.05, 0) is 19.1 Å². The number of nitrogen functional groups attached to an aromatic ring is 1. The molecular formula is C10H13N5O. The molecule has 0 aliphatic carbocycles. The molecule has 1 amide bonds. The molecule has 0 radical (unpaired) electrons. The first kappa shape index (κ1) is 10.4. The van der Waals surface area contributed by atoms with Crippen LogP contribution in [0.3, 0.4) is 0 Å². The maximum absolute atomic E-state index is 11.2. The molecule has 0 fully saturated rings. The summed E-state index contributed by atoms with van der Waals surface area (Å²) in [5.74, 6) is 5.51. The summed E-state index contributed by atoms with van der Waals surface area (Å²) in [5.41, 5.74) is 10.0.